The van der Waals surface area contributed by atoms with E-state index in [9.17, 15) is 20.0 Å². The molecule has 0 aromatic heterocycles. The number of rotatable bonds is 5. The van der Waals surface area contributed by atoms with Crippen LogP contribution in [0.15, 0.2) is 64.9 Å². The van der Waals surface area contributed by atoms with Crippen LogP contribution in [0.2, 0.25) is 0 Å². The van der Waals surface area contributed by atoms with Gasteiger partial charge in [0.15, 0.2) is 5.78 Å². The molecule has 0 amide bonds. The van der Waals surface area contributed by atoms with Crippen molar-refractivity contribution in [2.24, 2.45) is 4.99 Å². The zero-order valence-electron chi connectivity index (χ0n) is 14.7. The highest BCUT2D eigenvalue weighted by Gasteiger charge is 2.27. The maximum absolute atomic E-state index is 12.5. The number of Topliss-reactive ketones (excluding diaryl/α,β-unsaturated/α-hetero) is 1. The molecule has 0 spiro atoms. The Hall–Kier alpha value is -3.48. The number of hydrogen-bond donors (Lipinski definition) is 1. The van der Waals surface area contributed by atoms with Crippen molar-refractivity contribution in [3.05, 3.63) is 75.5 Å². The minimum atomic E-state index is -0.494. The predicted molar refractivity (Wildman–Crippen MR) is 101 cm³/mol. The van der Waals surface area contributed by atoms with Gasteiger partial charge in [-0.2, -0.15) is 0 Å². The molecule has 7 nitrogen and oxygen atoms in total. The Balaban J connectivity index is 1.75. The summed E-state index contributed by atoms with van der Waals surface area (Å²) in [5, 5.41) is 21.0. The van der Waals surface area contributed by atoms with Crippen molar-refractivity contribution in [1.82, 2.24) is 0 Å². The number of non-ortho nitro benzene ring substituents is 1. The Morgan fingerprint density at radius 2 is 1.81 bits per heavy atom. The van der Waals surface area contributed by atoms with Gasteiger partial charge in [0.1, 0.15) is 11.5 Å². The van der Waals surface area contributed by atoms with Gasteiger partial charge in [-0.05, 0) is 35.7 Å². The van der Waals surface area contributed by atoms with Crippen molar-refractivity contribution >= 4 is 23.4 Å². The minimum absolute atomic E-state index is 0.00210. The Morgan fingerprint density at radius 3 is 2.37 bits per heavy atom. The molecule has 3 rings (SSSR count). The zero-order chi connectivity index (χ0) is 19.4. The van der Waals surface area contributed by atoms with Crippen LogP contribution in [-0.2, 0) is 4.79 Å². The first-order valence-corrected chi connectivity index (χ1v) is 8.35. The van der Waals surface area contributed by atoms with Gasteiger partial charge in [-0.1, -0.05) is 12.1 Å². The summed E-state index contributed by atoms with van der Waals surface area (Å²) >= 11 is 0. The molecular weight excluding hydrogens is 348 g/mol. The molecule has 2 aromatic rings. The largest absolute Gasteiger partial charge is 0.511 e. The van der Waals surface area contributed by atoms with Gasteiger partial charge in [-0.15, -0.1) is 0 Å². The van der Waals surface area contributed by atoms with E-state index >= 15 is 0 Å². The van der Waals surface area contributed by atoms with Crippen molar-refractivity contribution in [2.45, 2.75) is 18.8 Å². The molecule has 1 atom stereocenters. The summed E-state index contributed by atoms with van der Waals surface area (Å²) in [6, 6.07) is 13.1. The topological polar surface area (TPSA) is 102 Å². The third kappa shape index (κ3) is 4.20. The van der Waals surface area contributed by atoms with E-state index in [1.807, 2.05) is 24.3 Å². The summed E-state index contributed by atoms with van der Waals surface area (Å²) < 4.78 is 5.13. The first-order valence-electron chi connectivity index (χ1n) is 8.35. The number of ketones is 1. The highest BCUT2D eigenvalue weighted by atomic mass is 16.6. The van der Waals surface area contributed by atoms with E-state index in [0.29, 0.717) is 12.1 Å². The maximum Gasteiger partial charge on any atom is 0.269 e. The van der Waals surface area contributed by atoms with Gasteiger partial charge in [0, 0.05) is 31.2 Å². The van der Waals surface area contributed by atoms with Crippen LogP contribution >= 0.6 is 0 Å². The van der Waals surface area contributed by atoms with Gasteiger partial charge in [0.05, 0.1) is 23.3 Å². The van der Waals surface area contributed by atoms with E-state index in [0.717, 1.165) is 11.3 Å². The van der Waals surface area contributed by atoms with E-state index in [2.05, 4.69) is 4.99 Å². The van der Waals surface area contributed by atoms with E-state index in [1.54, 1.807) is 7.11 Å². The number of aliphatic hydroxyl groups is 1. The summed E-state index contributed by atoms with van der Waals surface area (Å²) in [6.07, 6.45) is 1.95. The monoisotopic (exact) mass is 366 g/mol. The van der Waals surface area contributed by atoms with Crippen molar-refractivity contribution < 1.29 is 19.6 Å². The minimum Gasteiger partial charge on any atom is -0.511 e. The van der Waals surface area contributed by atoms with Crippen molar-refractivity contribution in [2.75, 3.05) is 7.11 Å². The van der Waals surface area contributed by atoms with Gasteiger partial charge in [0.25, 0.3) is 5.69 Å². The first kappa shape index (κ1) is 18.3. The van der Waals surface area contributed by atoms with Crippen LogP contribution in [0.5, 0.6) is 5.75 Å². The van der Waals surface area contributed by atoms with Crippen LogP contribution in [0.3, 0.4) is 0 Å². The fraction of sp³-hybridized carbons (Fsp3) is 0.200. The lowest BCUT2D eigenvalue weighted by atomic mass is 9.83. The smallest absolute Gasteiger partial charge is 0.269 e. The van der Waals surface area contributed by atoms with Crippen molar-refractivity contribution in [3.63, 3.8) is 0 Å². The molecule has 0 bridgehead atoms. The summed E-state index contributed by atoms with van der Waals surface area (Å²) in [7, 11) is 1.59. The molecule has 2 aromatic carbocycles. The number of carbonyl (C=O) groups excluding carboxylic acids is 1. The van der Waals surface area contributed by atoms with Gasteiger partial charge in [-0.3, -0.25) is 19.9 Å². The molecule has 138 valence electrons. The third-order valence-electron chi connectivity index (χ3n) is 4.47. The highest BCUT2D eigenvalue weighted by Crippen LogP contribution is 2.34. The SMILES string of the molecule is COc1ccc(C2CC(=O)C(C=Nc3ccc([N+](=O)[O-])cc3)=C(O)C2)cc1. The standard InChI is InChI=1S/C20H18N2O5/c1-27-17-8-2-13(3-9-17)14-10-19(23)18(20(24)11-14)12-21-15-4-6-16(7-5-15)22(25)26/h2-9,12,14,23H,10-11H2,1H3. The fourth-order valence-electron chi connectivity index (χ4n) is 2.97. The van der Waals surface area contributed by atoms with E-state index in [-0.39, 0.29) is 35.1 Å². The average Bonchev–Trinajstić information content (AvgIpc) is 2.67. The molecule has 1 aliphatic rings. The van der Waals surface area contributed by atoms with Crippen LogP contribution in [0.4, 0.5) is 11.4 Å². The summed E-state index contributed by atoms with van der Waals surface area (Å²) in [4.78, 5) is 26.8. The molecule has 0 aliphatic heterocycles. The van der Waals surface area contributed by atoms with Crippen molar-refractivity contribution in [1.29, 1.82) is 0 Å². The summed E-state index contributed by atoms with van der Waals surface area (Å²) in [6.45, 7) is 0. The molecule has 27 heavy (non-hydrogen) atoms. The number of methoxy groups -OCH3 is 1. The number of carbonyl (C=O) groups is 1. The predicted octanol–water partition coefficient (Wildman–Crippen LogP) is 4.26. The molecule has 0 fully saturated rings. The number of aliphatic imine (C=N–C) groups is 1. The number of benzene rings is 2. The number of allylic oxidation sites excluding steroid dienone is 2. The summed E-state index contributed by atoms with van der Waals surface area (Å²) in [5.74, 6) is 0.444. The Morgan fingerprint density at radius 1 is 1.15 bits per heavy atom. The van der Waals surface area contributed by atoms with E-state index in [4.69, 9.17) is 4.74 Å². The highest BCUT2D eigenvalue weighted by molar-refractivity contribution is 6.15. The van der Waals surface area contributed by atoms with Gasteiger partial charge < -0.3 is 9.84 Å². The second-order valence-corrected chi connectivity index (χ2v) is 6.19. The molecule has 7 heteroatoms. The Labute approximate surface area is 155 Å². The van der Waals surface area contributed by atoms with Gasteiger partial charge in [-0.25, -0.2) is 0 Å². The average molecular weight is 366 g/mol. The number of aliphatic hydroxyl groups excluding tert-OH is 1. The zero-order valence-corrected chi connectivity index (χ0v) is 14.7. The third-order valence-corrected chi connectivity index (χ3v) is 4.47. The number of nitrogens with zero attached hydrogens (tertiary/aromatic N) is 2. The maximum atomic E-state index is 12.5. The lowest BCUT2D eigenvalue weighted by molar-refractivity contribution is -0.384. The van der Waals surface area contributed by atoms with Crippen LogP contribution in [-0.4, -0.2) is 29.1 Å². The normalized spacial score (nSPS) is 17.4. The van der Waals surface area contributed by atoms with Gasteiger partial charge >= 0.3 is 0 Å². The number of nitro groups is 1. The molecule has 1 aliphatic carbocycles. The lowest BCUT2D eigenvalue weighted by Crippen LogP contribution is -2.19. The first-order chi connectivity index (χ1) is 13.0. The molecular formula is C20H18N2O5. The molecule has 0 saturated carbocycles. The van der Waals surface area contributed by atoms with Gasteiger partial charge in [0.2, 0.25) is 0 Å². The molecule has 0 radical (unpaired) electrons. The van der Waals surface area contributed by atoms with Crippen LogP contribution in [0.25, 0.3) is 0 Å². The lowest BCUT2D eigenvalue weighted by Gasteiger charge is -2.22. The van der Waals surface area contributed by atoms with Crippen molar-refractivity contribution in [3.8, 4) is 5.75 Å². The second kappa shape index (κ2) is 7.82. The van der Waals surface area contributed by atoms with Crippen LogP contribution < -0.4 is 4.74 Å². The number of hydrogen-bond acceptors (Lipinski definition) is 6. The van der Waals surface area contributed by atoms with E-state index < -0.39 is 4.92 Å². The molecule has 0 heterocycles. The molecule has 1 unspecified atom stereocenters. The second-order valence-electron chi connectivity index (χ2n) is 6.19. The molecule has 1 N–H and O–H groups in total. The van der Waals surface area contributed by atoms with E-state index in [1.165, 1.54) is 30.5 Å². The molecule has 0 saturated heterocycles. The quantitative estimate of drug-likeness (QED) is 0.484. The Bertz CT molecular complexity index is 914. The number of ether oxygens (including phenoxy) is 1. The fourth-order valence-corrected chi connectivity index (χ4v) is 2.97. The van der Waals surface area contributed by atoms with Crippen LogP contribution in [0.1, 0.15) is 24.3 Å². The summed E-state index contributed by atoms with van der Waals surface area (Å²) in [5.41, 5.74) is 1.57. The number of nitro benzene ring substituents is 1. The van der Waals surface area contributed by atoms with Crippen LogP contribution in [0, 0.1) is 10.1 Å². The Kier molecular flexibility index (Phi) is 5.30.